The summed E-state index contributed by atoms with van der Waals surface area (Å²) in [5.74, 6) is -1.45. The lowest BCUT2D eigenvalue weighted by Crippen LogP contribution is -2.49. The number of rotatable bonds is 6. The molecule has 0 bridgehead atoms. The van der Waals surface area contributed by atoms with Gasteiger partial charge >= 0.3 is 12.0 Å². The van der Waals surface area contributed by atoms with Crippen LogP contribution < -0.4 is 10.6 Å². The van der Waals surface area contributed by atoms with E-state index in [9.17, 15) is 14.4 Å². The zero-order valence-corrected chi connectivity index (χ0v) is 12.9. The van der Waals surface area contributed by atoms with Gasteiger partial charge in [-0.25, -0.2) is 4.79 Å². The van der Waals surface area contributed by atoms with Crippen LogP contribution in [0.3, 0.4) is 0 Å². The van der Waals surface area contributed by atoms with Gasteiger partial charge in [-0.1, -0.05) is 0 Å². The van der Waals surface area contributed by atoms with Gasteiger partial charge in [-0.3, -0.25) is 19.8 Å². The number of ether oxygens (including phenoxy) is 1. The van der Waals surface area contributed by atoms with Crippen molar-refractivity contribution >= 4 is 30.3 Å². The molecule has 1 saturated heterocycles. The summed E-state index contributed by atoms with van der Waals surface area (Å²) in [7, 11) is 1.51. The average molecular weight is 324 g/mol. The van der Waals surface area contributed by atoms with Gasteiger partial charge in [-0.2, -0.15) is 0 Å². The first-order valence-corrected chi connectivity index (χ1v) is 6.50. The minimum absolute atomic E-state index is 0. The Hall–Kier alpha value is -1.38. The van der Waals surface area contributed by atoms with E-state index in [1.165, 1.54) is 7.11 Å². The number of nitrogens with zero attached hydrogens (tertiary/aromatic N) is 1. The number of carbonyl (C=O) groups is 3. The highest BCUT2D eigenvalue weighted by Crippen LogP contribution is 2.16. The van der Waals surface area contributed by atoms with E-state index in [0.717, 1.165) is 6.42 Å². The second-order valence-electron chi connectivity index (χ2n) is 4.84. The van der Waals surface area contributed by atoms with Crippen LogP contribution in [-0.4, -0.2) is 66.8 Å². The van der Waals surface area contributed by atoms with Crippen molar-refractivity contribution in [3.8, 4) is 0 Å². The minimum Gasteiger partial charge on any atom is -0.480 e. The van der Waals surface area contributed by atoms with E-state index >= 15 is 0 Å². The molecule has 9 heteroatoms. The number of halogens is 1. The molecule has 21 heavy (non-hydrogen) atoms. The first-order chi connectivity index (χ1) is 9.43. The average Bonchev–Trinajstić information content (AvgIpc) is 2.76. The van der Waals surface area contributed by atoms with Gasteiger partial charge < -0.3 is 15.2 Å². The summed E-state index contributed by atoms with van der Waals surface area (Å²) in [4.78, 5) is 35.7. The summed E-state index contributed by atoms with van der Waals surface area (Å²) in [6.45, 7) is 2.54. The normalized spacial score (nSPS) is 19.4. The number of likely N-dealkylation sites (tertiary alicyclic amines) is 1. The summed E-state index contributed by atoms with van der Waals surface area (Å²) in [5, 5.41) is 13.7. The molecular formula is C12H22ClN3O5. The SMILES string of the molecule is COCC(C)NC(=O)NC(=O)CN1CCCC1C(=O)O.Cl. The second-order valence-corrected chi connectivity index (χ2v) is 4.84. The Bertz CT molecular complexity index is 380. The number of nitrogens with one attached hydrogen (secondary N) is 2. The monoisotopic (exact) mass is 323 g/mol. The number of imide groups is 1. The predicted molar refractivity (Wildman–Crippen MR) is 77.5 cm³/mol. The van der Waals surface area contributed by atoms with E-state index < -0.39 is 23.9 Å². The molecule has 3 N–H and O–H groups in total. The Morgan fingerprint density at radius 2 is 2.10 bits per heavy atom. The molecule has 0 aromatic heterocycles. The fraction of sp³-hybridized carbons (Fsp3) is 0.750. The molecule has 0 spiro atoms. The van der Waals surface area contributed by atoms with Crippen LogP contribution in [0.4, 0.5) is 4.79 Å². The highest BCUT2D eigenvalue weighted by Gasteiger charge is 2.31. The summed E-state index contributed by atoms with van der Waals surface area (Å²) in [5.41, 5.74) is 0. The van der Waals surface area contributed by atoms with E-state index in [1.807, 2.05) is 0 Å². The minimum atomic E-state index is -0.937. The third-order valence-corrected chi connectivity index (χ3v) is 3.04. The van der Waals surface area contributed by atoms with Crippen molar-refractivity contribution in [1.82, 2.24) is 15.5 Å². The summed E-state index contributed by atoms with van der Waals surface area (Å²) < 4.78 is 4.86. The lowest BCUT2D eigenvalue weighted by Gasteiger charge is -2.20. The lowest BCUT2D eigenvalue weighted by atomic mass is 10.2. The van der Waals surface area contributed by atoms with Crippen molar-refractivity contribution in [1.29, 1.82) is 0 Å². The Kier molecular flexibility index (Phi) is 8.91. The van der Waals surface area contributed by atoms with Gasteiger partial charge in [-0.05, 0) is 26.3 Å². The maximum absolute atomic E-state index is 11.7. The number of aliphatic carboxylic acids is 1. The van der Waals surface area contributed by atoms with E-state index in [2.05, 4.69) is 10.6 Å². The van der Waals surface area contributed by atoms with E-state index in [0.29, 0.717) is 19.6 Å². The first kappa shape index (κ1) is 19.6. The molecule has 2 atom stereocenters. The third-order valence-electron chi connectivity index (χ3n) is 3.04. The van der Waals surface area contributed by atoms with Gasteiger partial charge in [0.1, 0.15) is 6.04 Å². The number of carboxylic acid groups (broad SMARTS) is 1. The number of hydrogen-bond donors (Lipinski definition) is 3. The fourth-order valence-corrected chi connectivity index (χ4v) is 2.20. The van der Waals surface area contributed by atoms with E-state index in [-0.39, 0.29) is 25.0 Å². The van der Waals surface area contributed by atoms with Gasteiger partial charge in [0, 0.05) is 7.11 Å². The molecule has 2 unspecified atom stereocenters. The van der Waals surface area contributed by atoms with Gasteiger partial charge in [0.2, 0.25) is 5.91 Å². The zero-order chi connectivity index (χ0) is 15.1. The molecule has 3 amide bonds. The first-order valence-electron chi connectivity index (χ1n) is 6.50. The Labute approximate surface area is 129 Å². The summed E-state index contributed by atoms with van der Waals surface area (Å²) in [6.07, 6.45) is 1.26. The van der Waals surface area contributed by atoms with Crippen LogP contribution in [0.15, 0.2) is 0 Å². The number of hydrogen-bond acceptors (Lipinski definition) is 5. The quantitative estimate of drug-likeness (QED) is 0.625. The van der Waals surface area contributed by atoms with Crippen LogP contribution in [0, 0.1) is 0 Å². The molecular weight excluding hydrogens is 302 g/mol. The molecule has 1 fully saturated rings. The van der Waals surface area contributed by atoms with Crippen molar-refractivity contribution in [3.63, 3.8) is 0 Å². The highest BCUT2D eigenvalue weighted by atomic mass is 35.5. The molecule has 0 aromatic carbocycles. The van der Waals surface area contributed by atoms with Gasteiger partial charge in [0.05, 0.1) is 19.2 Å². The van der Waals surface area contributed by atoms with Crippen molar-refractivity contribution in [2.24, 2.45) is 0 Å². The van der Waals surface area contributed by atoms with E-state index in [1.54, 1.807) is 11.8 Å². The molecule has 1 heterocycles. The molecule has 0 radical (unpaired) electrons. The topological polar surface area (TPSA) is 108 Å². The van der Waals surface area contributed by atoms with Crippen LogP contribution in [0.1, 0.15) is 19.8 Å². The fourth-order valence-electron chi connectivity index (χ4n) is 2.20. The highest BCUT2D eigenvalue weighted by molar-refractivity contribution is 5.95. The maximum atomic E-state index is 11.7. The smallest absolute Gasteiger partial charge is 0.321 e. The largest absolute Gasteiger partial charge is 0.480 e. The van der Waals surface area contributed by atoms with Gasteiger partial charge in [0.25, 0.3) is 0 Å². The molecule has 1 aliphatic rings. The lowest BCUT2D eigenvalue weighted by molar-refractivity contribution is -0.142. The van der Waals surface area contributed by atoms with Gasteiger partial charge in [-0.15, -0.1) is 12.4 Å². The zero-order valence-electron chi connectivity index (χ0n) is 12.1. The van der Waals surface area contributed by atoms with Gasteiger partial charge in [0.15, 0.2) is 0 Å². The van der Waals surface area contributed by atoms with Crippen LogP contribution >= 0.6 is 12.4 Å². The van der Waals surface area contributed by atoms with Crippen molar-refractivity contribution in [3.05, 3.63) is 0 Å². The number of carbonyl (C=O) groups excluding carboxylic acids is 2. The van der Waals surface area contributed by atoms with Crippen molar-refractivity contribution in [2.45, 2.75) is 31.8 Å². The number of methoxy groups -OCH3 is 1. The summed E-state index contributed by atoms with van der Waals surface area (Å²) in [6, 6.07) is -1.46. The Morgan fingerprint density at radius 1 is 1.43 bits per heavy atom. The van der Waals surface area contributed by atoms with Crippen LogP contribution in [0.25, 0.3) is 0 Å². The van der Waals surface area contributed by atoms with E-state index in [4.69, 9.17) is 9.84 Å². The third kappa shape index (κ3) is 6.74. The standard InChI is InChI=1S/C12H21N3O5.ClH/c1-8(7-20-2)13-12(19)14-10(16)6-15-5-3-4-9(15)11(17)18;/h8-9H,3-7H2,1-2H3,(H,17,18)(H2,13,14,16,19);1H. The van der Waals surface area contributed by atoms with Crippen molar-refractivity contribution < 1.29 is 24.2 Å². The van der Waals surface area contributed by atoms with Crippen LogP contribution in [0.5, 0.6) is 0 Å². The molecule has 122 valence electrons. The van der Waals surface area contributed by atoms with Crippen LogP contribution in [0.2, 0.25) is 0 Å². The molecule has 8 nitrogen and oxygen atoms in total. The number of carboxylic acids is 1. The molecule has 0 aliphatic carbocycles. The molecule has 0 aromatic rings. The molecule has 1 rings (SSSR count). The summed E-state index contributed by atoms with van der Waals surface area (Å²) >= 11 is 0. The van der Waals surface area contributed by atoms with Crippen LogP contribution in [-0.2, 0) is 14.3 Å². The number of amides is 3. The molecule has 1 aliphatic heterocycles. The predicted octanol–water partition coefficient (Wildman–Crippen LogP) is -0.182. The Morgan fingerprint density at radius 3 is 2.67 bits per heavy atom. The maximum Gasteiger partial charge on any atom is 0.321 e. The Balaban J connectivity index is 0.00000400. The molecule has 0 saturated carbocycles. The second kappa shape index (κ2) is 9.54. The van der Waals surface area contributed by atoms with Crippen molar-refractivity contribution in [2.75, 3.05) is 26.8 Å². The number of urea groups is 1.